The molecule has 1 N–H and O–H groups in total. The van der Waals surface area contributed by atoms with Crippen molar-refractivity contribution in [3.63, 3.8) is 0 Å². The van der Waals surface area contributed by atoms with Gasteiger partial charge in [0.2, 0.25) is 0 Å². The van der Waals surface area contributed by atoms with E-state index in [0.29, 0.717) is 12.3 Å². The number of halogens is 1. The van der Waals surface area contributed by atoms with Crippen LogP contribution in [0.5, 0.6) is 5.75 Å². The first-order valence-corrected chi connectivity index (χ1v) is 7.99. The third kappa shape index (κ3) is 3.64. The van der Waals surface area contributed by atoms with Crippen LogP contribution in [0.4, 0.5) is 10.2 Å². The summed E-state index contributed by atoms with van der Waals surface area (Å²) >= 11 is 0. The highest BCUT2D eigenvalue weighted by Crippen LogP contribution is 2.32. The molecule has 5 nitrogen and oxygen atoms in total. The zero-order valence-electron chi connectivity index (χ0n) is 13.5. The van der Waals surface area contributed by atoms with Crippen LogP contribution in [0.25, 0.3) is 0 Å². The Morgan fingerprint density at radius 1 is 1.42 bits per heavy atom. The molecule has 0 bridgehead atoms. The molecule has 0 spiro atoms. The summed E-state index contributed by atoms with van der Waals surface area (Å²) in [6.07, 6.45) is 3.61. The molecule has 3 rings (SSSR count). The first-order valence-electron chi connectivity index (χ1n) is 7.99. The molecule has 2 heterocycles. The van der Waals surface area contributed by atoms with E-state index < -0.39 is 0 Å². The summed E-state index contributed by atoms with van der Waals surface area (Å²) in [4.78, 5) is 18.6. The second-order valence-electron chi connectivity index (χ2n) is 5.72. The van der Waals surface area contributed by atoms with Crippen LogP contribution in [0.1, 0.15) is 24.4 Å². The highest BCUT2D eigenvalue weighted by Gasteiger charge is 2.30. The molecule has 1 aromatic heterocycles. The van der Waals surface area contributed by atoms with Gasteiger partial charge in [-0.25, -0.2) is 9.37 Å². The molecule has 0 aliphatic carbocycles. The monoisotopic (exact) mass is 329 g/mol. The van der Waals surface area contributed by atoms with E-state index in [2.05, 4.69) is 10.3 Å². The van der Waals surface area contributed by atoms with Crippen molar-refractivity contribution in [2.24, 2.45) is 0 Å². The maximum atomic E-state index is 13.2. The first kappa shape index (κ1) is 16.2. The van der Waals surface area contributed by atoms with Crippen LogP contribution in [-0.2, 0) is 4.79 Å². The summed E-state index contributed by atoms with van der Waals surface area (Å²) in [5.41, 5.74) is 1.06. The van der Waals surface area contributed by atoms with Crippen LogP contribution >= 0.6 is 0 Å². The lowest BCUT2D eigenvalue weighted by Gasteiger charge is -2.25. The fraction of sp³-hybridized carbons (Fsp3) is 0.333. The number of amides is 1. The van der Waals surface area contributed by atoms with Crippen LogP contribution < -0.4 is 10.1 Å². The van der Waals surface area contributed by atoms with Crippen molar-refractivity contribution >= 4 is 11.7 Å². The molecule has 1 saturated heterocycles. The number of pyridine rings is 1. The summed E-state index contributed by atoms with van der Waals surface area (Å²) in [7, 11) is 1.82. The number of nitrogens with zero attached hydrogens (tertiary/aromatic N) is 2. The fourth-order valence-electron chi connectivity index (χ4n) is 2.99. The molecule has 1 fully saturated rings. The lowest BCUT2D eigenvalue weighted by Crippen LogP contribution is -2.34. The van der Waals surface area contributed by atoms with Crippen molar-refractivity contribution in [1.82, 2.24) is 9.88 Å². The lowest BCUT2D eigenvalue weighted by molar-refractivity contribution is -0.134. The number of carbonyl (C=O) groups is 1. The maximum Gasteiger partial charge on any atom is 0.261 e. The number of anilines is 1. The normalized spacial score (nSPS) is 16.9. The van der Waals surface area contributed by atoms with Crippen molar-refractivity contribution in [2.45, 2.75) is 18.9 Å². The van der Waals surface area contributed by atoms with Crippen molar-refractivity contribution in [3.05, 3.63) is 54.0 Å². The van der Waals surface area contributed by atoms with Crippen LogP contribution in [-0.4, -0.2) is 36.0 Å². The molecule has 24 heavy (non-hydrogen) atoms. The largest absolute Gasteiger partial charge is 0.484 e. The van der Waals surface area contributed by atoms with Gasteiger partial charge in [-0.15, -0.1) is 0 Å². The van der Waals surface area contributed by atoms with Crippen LogP contribution in [0.2, 0.25) is 0 Å². The zero-order valence-corrected chi connectivity index (χ0v) is 13.5. The van der Waals surface area contributed by atoms with Crippen molar-refractivity contribution in [2.75, 3.05) is 25.5 Å². The van der Waals surface area contributed by atoms with Gasteiger partial charge in [-0.2, -0.15) is 0 Å². The Morgan fingerprint density at radius 2 is 2.29 bits per heavy atom. The number of hydrogen-bond acceptors (Lipinski definition) is 4. The minimum absolute atomic E-state index is 0.0312. The molecular formula is C18H20FN3O2. The number of nitrogens with one attached hydrogen (secondary N) is 1. The number of hydrogen-bond donors (Lipinski definition) is 1. The third-order valence-electron chi connectivity index (χ3n) is 4.16. The molecule has 1 aliphatic heterocycles. The smallest absolute Gasteiger partial charge is 0.261 e. The highest BCUT2D eigenvalue weighted by atomic mass is 19.1. The topological polar surface area (TPSA) is 54.5 Å². The minimum Gasteiger partial charge on any atom is -0.484 e. The van der Waals surface area contributed by atoms with E-state index in [1.165, 1.54) is 12.1 Å². The average molecular weight is 329 g/mol. The van der Waals surface area contributed by atoms with Gasteiger partial charge in [0.15, 0.2) is 6.61 Å². The number of carbonyl (C=O) groups excluding carboxylic acids is 1. The van der Waals surface area contributed by atoms with Crippen LogP contribution in [0.15, 0.2) is 42.6 Å². The second kappa shape index (κ2) is 7.29. The molecule has 1 atom stereocenters. The van der Waals surface area contributed by atoms with Crippen molar-refractivity contribution in [3.8, 4) is 5.75 Å². The molecule has 0 unspecified atom stereocenters. The van der Waals surface area contributed by atoms with Gasteiger partial charge in [-0.05, 0) is 42.7 Å². The van der Waals surface area contributed by atoms with Crippen molar-refractivity contribution in [1.29, 1.82) is 0 Å². The van der Waals surface area contributed by atoms with Gasteiger partial charge in [-0.1, -0.05) is 6.07 Å². The fourth-order valence-corrected chi connectivity index (χ4v) is 2.99. The number of aromatic nitrogens is 1. The molecule has 0 saturated carbocycles. The molecule has 6 heteroatoms. The Hall–Kier alpha value is -2.63. The summed E-state index contributed by atoms with van der Waals surface area (Å²) in [5.74, 6) is 0.670. The summed E-state index contributed by atoms with van der Waals surface area (Å²) in [5, 5.41) is 3.01. The van der Waals surface area contributed by atoms with E-state index >= 15 is 0 Å². The molecule has 1 aliphatic rings. The van der Waals surface area contributed by atoms with Gasteiger partial charge in [-0.3, -0.25) is 4.79 Å². The molecule has 0 radical (unpaired) electrons. The van der Waals surface area contributed by atoms with Crippen LogP contribution in [0, 0.1) is 5.82 Å². The Balaban J connectivity index is 1.67. The Morgan fingerprint density at radius 3 is 3.08 bits per heavy atom. The average Bonchev–Trinajstić information content (AvgIpc) is 3.09. The Kier molecular flexibility index (Phi) is 4.93. The van der Waals surface area contributed by atoms with E-state index in [1.54, 1.807) is 18.3 Å². The summed E-state index contributed by atoms with van der Waals surface area (Å²) < 4.78 is 18.6. The Bertz CT molecular complexity index is 723. The standard InChI is InChI=1S/C18H20FN3O2/c1-20-17-10-13(7-8-21-17)16-6-3-9-22(16)18(23)12-24-15-5-2-4-14(19)11-15/h2,4-5,7-8,10-11,16H,3,6,9,12H2,1H3,(H,20,21)/t16-/m0/s1. The SMILES string of the molecule is CNc1cc([C@@H]2CCCN2C(=O)COc2cccc(F)c2)ccn1. The number of ether oxygens (including phenoxy) is 1. The van der Waals surface area contributed by atoms with Gasteiger partial charge < -0.3 is 15.0 Å². The van der Waals surface area contributed by atoms with E-state index in [4.69, 9.17) is 4.74 Å². The molecular weight excluding hydrogens is 309 g/mol. The van der Waals surface area contributed by atoms with Gasteiger partial charge in [0.1, 0.15) is 17.4 Å². The Labute approximate surface area is 140 Å². The predicted octanol–water partition coefficient (Wildman–Crippen LogP) is 3.00. The molecule has 1 amide bonds. The molecule has 126 valence electrons. The van der Waals surface area contributed by atoms with E-state index in [1.807, 2.05) is 24.1 Å². The highest BCUT2D eigenvalue weighted by molar-refractivity contribution is 5.78. The third-order valence-corrected chi connectivity index (χ3v) is 4.16. The van der Waals surface area contributed by atoms with E-state index in [0.717, 1.165) is 24.2 Å². The number of likely N-dealkylation sites (tertiary alicyclic amines) is 1. The number of benzene rings is 1. The summed E-state index contributed by atoms with van der Waals surface area (Å²) in [6, 6.07) is 9.74. The predicted molar refractivity (Wildman–Crippen MR) is 89.4 cm³/mol. The van der Waals surface area contributed by atoms with Crippen molar-refractivity contribution < 1.29 is 13.9 Å². The minimum atomic E-state index is -0.379. The van der Waals surface area contributed by atoms with Gasteiger partial charge >= 0.3 is 0 Å². The molecule has 1 aromatic carbocycles. The number of rotatable bonds is 5. The second-order valence-corrected chi connectivity index (χ2v) is 5.72. The lowest BCUT2D eigenvalue weighted by atomic mass is 10.1. The van der Waals surface area contributed by atoms with E-state index in [9.17, 15) is 9.18 Å². The maximum absolute atomic E-state index is 13.2. The summed E-state index contributed by atoms with van der Waals surface area (Å²) in [6.45, 7) is 0.608. The van der Waals surface area contributed by atoms with Crippen LogP contribution in [0.3, 0.4) is 0 Å². The first-order chi connectivity index (χ1) is 11.7. The van der Waals surface area contributed by atoms with E-state index in [-0.39, 0.29) is 24.4 Å². The quantitative estimate of drug-likeness (QED) is 0.916. The van der Waals surface area contributed by atoms with Gasteiger partial charge in [0.05, 0.1) is 6.04 Å². The molecule has 2 aromatic rings. The zero-order chi connectivity index (χ0) is 16.9. The van der Waals surface area contributed by atoms with Gasteiger partial charge in [0, 0.05) is 25.9 Å². The van der Waals surface area contributed by atoms with Gasteiger partial charge in [0.25, 0.3) is 5.91 Å².